The van der Waals surface area contributed by atoms with Crippen LogP contribution in [-0.2, 0) is 0 Å². The first kappa shape index (κ1) is 20.0. The molecule has 4 aromatic rings. The zero-order chi connectivity index (χ0) is 22.1. The number of furan rings is 1. The van der Waals surface area contributed by atoms with Crippen LogP contribution in [0.4, 0.5) is 17.6 Å². The van der Waals surface area contributed by atoms with Gasteiger partial charge in [0.15, 0.2) is 28.7 Å². The summed E-state index contributed by atoms with van der Waals surface area (Å²) in [5.41, 5.74) is 2.28. The van der Waals surface area contributed by atoms with E-state index < -0.39 is 0 Å². The first-order chi connectivity index (χ1) is 15.7. The Balaban J connectivity index is 1.46. The second-order valence-corrected chi connectivity index (χ2v) is 7.37. The van der Waals surface area contributed by atoms with Gasteiger partial charge < -0.3 is 33.4 Å². The minimum atomic E-state index is 0.468. The third kappa shape index (κ3) is 3.53. The van der Waals surface area contributed by atoms with E-state index in [-0.39, 0.29) is 0 Å². The van der Waals surface area contributed by atoms with Gasteiger partial charge in [0.1, 0.15) is 11.8 Å². The molecule has 0 spiro atoms. The van der Waals surface area contributed by atoms with Crippen LogP contribution in [0.5, 0.6) is 17.2 Å². The van der Waals surface area contributed by atoms with Gasteiger partial charge in [0.25, 0.3) is 0 Å². The number of hydrogen-bond donors (Lipinski definition) is 1. The standard InChI is InChI=1S/C22H24N6O4/c1-29-16-10-14(11-17(30-2)20(16)31-3)28-12-18(23-13-28)25-22-24-15-6-9-32-19(15)21(26-22)27-7-4-5-8-27/h6,9-13H,4-5,7-8H2,1-3H3,(H,24,25,26). The first-order valence-corrected chi connectivity index (χ1v) is 10.3. The van der Waals surface area contributed by atoms with Crippen molar-refractivity contribution in [2.24, 2.45) is 0 Å². The molecule has 166 valence electrons. The lowest BCUT2D eigenvalue weighted by Crippen LogP contribution is -2.19. The van der Waals surface area contributed by atoms with Gasteiger partial charge in [0, 0.05) is 31.3 Å². The Morgan fingerprint density at radius 3 is 2.44 bits per heavy atom. The predicted molar refractivity (Wildman–Crippen MR) is 120 cm³/mol. The number of fused-ring (bicyclic) bond motifs is 1. The minimum absolute atomic E-state index is 0.468. The molecule has 1 aliphatic rings. The fraction of sp³-hybridized carbons (Fsp3) is 0.318. The number of anilines is 3. The van der Waals surface area contributed by atoms with E-state index in [1.54, 1.807) is 33.9 Å². The molecule has 5 rings (SSSR count). The average molecular weight is 436 g/mol. The summed E-state index contributed by atoms with van der Waals surface area (Å²) in [6.45, 7) is 1.92. The smallest absolute Gasteiger partial charge is 0.231 e. The molecule has 1 saturated heterocycles. The number of ether oxygens (including phenoxy) is 3. The molecule has 0 atom stereocenters. The molecule has 0 bridgehead atoms. The van der Waals surface area contributed by atoms with Crippen molar-refractivity contribution in [2.75, 3.05) is 44.6 Å². The summed E-state index contributed by atoms with van der Waals surface area (Å²) >= 11 is 0. The van der Waals surface area contributed by atoms with E-state index in [0.29, 0.717) is 34.6 Å². The van der Waals surface area contributed by atoms with Crippen LogP contribution in [0.25, 0.3) is 16.8 Å². The molecule has 1 aliphatic heterocycles. The van der Waals surface area contributed by atoms with Crippen molar-refractivity contribution in [3.8, 4) is 22.9 Å². The van der Waals surface area contributed by atoms with Crippen LogP contribution in [0.1, 0.15) is 12.8 Å². The van der Waals surface area contributed by atoms with E-state index >= 15 is 0 Å². The van der Waals surface area contributed by atoms with Crippen molar-refractivity contribution in [3.05, 3.63) is 37.0 Å². The van der Waals surface area contributed by atoms with E-state index in [1.807, 2.05) is 29.0 Å². The molecule has 3 aromatic heterocycles. The molecule has 4 heterocycles. The number of benzene rings is 1. The molecular formula is C22H24N6O4. The van der Waals surface area contributed by atoms with Gasteiger partial charge >= 0.3 is 0 Å². The zero-order valence-corrected chi connectivity index (χ0v) is 18.2. The maximum absolute atomic E-state index is 5.64. The molecule has 0 unspecified atom stereocenters. The summed E-state index contributed by atoms with van der Waals surface area (Å²) in [4.78, 5) is 16.0. The lowest BCUT2D eigenvalue weighted by atomic mass is 10.2. The summed E-state index contributed by atoms with van der Waals surface area (Å²) in [5, 5.41) is 3.21. The van der Waals surface area contributed by atoms with Gasteiger partial charge in [-0.3, -0.25) is 0 Å². The van der Waals surface area contributed by atoms with Crippen LogP contribution in [-0.4, -0.2) is 53.9 Å². The van der Waals surface area contributed by atoms with E-state index in [2.05, 4.69) is 20.2 Å². The SMILES string of the molecule is COc1cc(-n2cnc(Nc3nc(N4CCCC4)c4occc4n3)c2)cc(OC)c1OC. The second-order valence-electron chi connectivity index (χ2n) is 7.37. The van der Waals surface area contributed by atoms with Crippen LogP contribution < -0.4 is 24.4 Å². The summed E-state index contributed by atoms with van der Waals surface area (Å²) in [6, 6.07) is 5.55. The summed E-state index contributed by atoms with van der Waals surface area (Å²) in [7, 11) is 4.75. The number of nitrogens with zero attached hydrogens (tertiary/aromatic N) is 5. The Hall–Kier alpha value is -3.95. The fourth-order valence-corrected chi connectivity index (χ4v) is 3.91. The molecule has 0 aliphatic carbocycles. The molecule has 1 fully saturated rings. The maximum atomic E-state index is 5.64. The summed E-state index contributed by atoms with van der Waals surface area (Å²) in [6.07, 6.45) is 7.48. The van der Waals surface area contributed by atoms with Gasteiger partial charge in [-0.05, 0) is 12.8 Å². The average Bonchev–Trinajstić information content (AvgIpc) is 3.59. The maximum Gasteiger partial charge on any atom is 0.231 e. The van der Waals surface area contributed by atoms with Crippen LogP contribution in [0.3, 0.4) is 0 Å². The topological polar surface area (TPSA) is 99.7 Å². The third-order valence-electron chi connectivity index (χ3n) is 5.46. The molecule has 1 N–H and O–H groups in total. The third-order valence-corrected chi connectivity index (χ3v) is 5.46. The molecule has 32 heavy (non-hydrogen) atoms. The van der Waals surface area contributed by atoms with E-state index in [9.17, 15) is 0 Å². The number of rotatable bonds is 7. The predicted octanol–water partition coefficient (Wildman–Crippen LogP) is 3.78. The summed E-state index contributed by atoms with van der Waals surface area (Å²) < 4.78 is 23.8. The summed E-state index contributed by atoms with van der Waals surface area (Å²) in [5.74, 6) is 3.55. The molecule has 1 aromatic carbocycles. The Kier molecular flexibility index (Phi) is 5.18. The Morgan fingerprint density at radius 2 is 1.75 bits per heavy atom. The van der Waals surface area contributed by atoms with Crippen LogP contribution in [0, 0.1) is 0 Å². The Labute approximate surface area is 184 Å². The molecule has 10 heteroatoms. The van der Waals surface area contributed by atoms with Gasteiger partial charge in [-0.25, -0.2) is 9.97 Å². The second kappa shape index (κ2) is 8.29. The molecule has 10 nitrogen and oxygen atoms in total. The van der Waals surface area contributed by atoms with Crippen LogP contribution >= 0.6 is 0 Å². The molecule has 0 amide bonds. The van der Waals surface area contributed by atoms with Crippen molar-refractivity contribution in [2.45, 2.75) is 12.8 Å². The quantitative estimate of drug-likeness (QED) is 0.464. The largest absolute Gasteiger partial charge is 0.493 e. The highest BCUT2D eigenvalue weighted by Gasteiger charge is 2.21. The van der Waals surface area contributed by atoms with Crippen LogP contribution in [0.2, 0.25) is 0 Å². The fourth-order valence-electron chi connectivity index (χ4n) is 3.91. The van der Waals surface area contributed by atoms with Crippen molar-refractivity contribution in [3.63, 3.8) is 0 Å². The van der Waals surface area contributed by atoms with Crippen molar-refractivity contribution >= 4 is 28.7 Å². The highest BCUT2D eigenvalue weighted by molar-refractivity contribution is 5.85. The number of methoxy groups -OCH3 is 3. The van der Waals surface area contributed by atoms with Crippen molar-refractivity contribution < 1.29 is 18.6 Å². The lowest BCUT2D eigenvalue weighted by Gasteiger charge is -2.17. The van der Waals surface area contributed by atoms with E-state index in [1.165, 1.54) is 0 Å². The van der Waals surface area contributed by atoms with E-state index in [0.717, 1.165) is 43.0 Å². The van der Waals surface area contributed by atoms with E-state index in [4.69, 9.17) is 23.6 Å². The highest BCUT2D eigenvalue weighted by Crippen LogP contribution is 2.39. The van der Waals surface area contributed by atoms with Gasteiger partial charge in [-0.1, -0.05) is 0 Å². The molecular weight excluding hydrogens is 412 g/mol. The number of hydrogen-bond acceptors (Lipinski definition) is 9. The Morgan fingerprint density at radius 1 is 1.00 bits per heavy atom. The number of nitrogens with one attached hydrogen (secondary N) is 1. The lowest BCUT2D eigenvalue weighted by molar-refractivity contribution is 0.324. The van der Waals surface area contributed by atoms with Gasteiger partial charge in [-0.2, -0.15) is 4.98 Å². The van der Waals surface area contributed by atoms with Gasteiger partial charge in [0.2, 0.25) is 11.7 Å². The minimum Gasteiger partial charge on any atom is -0.493 e. The number of imidazole rings is 1. The van der Waals surface area contributed by atoms with Gasteiger partial charge in [0.05, 0.1) is 39.5 Å². The van der Waals surface area contributed by atoms with Crippen molar-refractivity contribution in [1.29, 1.82) is 0 Å². The first-order valence-electron chi connectivity index (χ1n) is 10.3. The Bertz CT molecular complexity index is 1220. The van der Waals surface area contributed by atoms with Crippen molar-refractivity contribution in [1.82, 2.24) is 19.5 Å². The zero-order valence-electron chi connectivity index (χ0n) is 18.2. The number of aromatic nitrogens is 4. The highest BCUT2D eigenvalue weighted by atomic mass is 16.5. The normalized spacial score (nSPS) is 13.5. The van der Waals surface area contributed by atoms with Crippen LogP contribution in [0.15, 0.2) is 41.4 Å². The molecule has 0 saturated carbocycles. The monoisotopic (exact) mass is 436 g/mol. The van der Waals surface area contributed by atoms with Gasteiger partial charge in [-0.15, -0.1) is 0 Å². The molecule has 0 radical (unpaired) electrons.